The lowest BCUT2D eigenvalue weighted by atomic mass is 10.2. The number of rotatable bonds is 6. The Balaban J connectivity index is 1.41. The highest BCUT2D eigenvalue weighted by Crippen LogP contribution is 2.24. The predicted molar refractivity (Wildman–Crippen MR) is 133 cm³/mol. The number of benzene rings is 2. The smallest absolute Gasteiger partial charge is 0.177 e. The van der Waals surface area contributed by atoms with E-state index in [4.69, 9.17) is 35.4 Å². The molecule has 32 heavy (non-hydrogen) atoms. The Hall–Kier alpha value is -2.46. The van der Waals surface area contributed by atoms with Crippen molar-refractivity contribution in [1.29, 1.82) is 0 Å². The Bertz CT molecular complexity index is 1180. The van der Waals surface area contributed by atoms with Crippen LogP contribution in [0.2, 0.25) is 10.0 Å². The predicted octanol–water partition coefficient (Wildman–Crippen LogP) is 6.19. The van der Waals surface area contributed by atoms with Crippen LogP contribution in [0.4, 0.5) is 16.0 Å². The molecule has 11 heteroatoms. The molecule has 164 valence electrons. The van der Waals surface area contributed by atoms with Gasteiger partial charge in [-0.05, 0) is 45.8 Å². The highest BCUT2D eigenvalue weighted by molar-refractivity contribution is 9.10. The second-order valence-corrected chi connectivity index (χ2v) is 8.89. The lowest BCUT2D eigenvalue weighted by Gasteiger charge is -2.07. The average Bonchev–Trinajstić information content (AvgIpc) is 3.26. The van der Waals surface area contributed by atoms with Gasteiger partial charge in [-0.1, -0.05) is 59.6 Å². The molecule has 2 aromatic heterocycles. The van der Waals surface area contributed by atoms with Crippen molar-refractivity contribution in [3.63, 3.8) is 0 Å². The van der Waals surface area contributed by atoms with E-state index >= 15 is 0 Å². The summed E-state index contributed by atoms with van der Waals surface area (Å²) in [7, 11) is 0. The van der Waals surface area contributed by atoms with Gasteiger partial charge in [0.1, 0.15) is 10.8 Å². The molecule has 4 aromatic rings. The summed E-state index contributed by atoms with van der Waals surface area (Å²) in [4.78, 5) is 0. The summed E-state index contributed by atoms with van der Waals surface area (Å²) in [5.74, 6) is 0.576. The van der Waals surface area contributed by atoms with Gasteiger partial charge in [0, 0.05) is 23.0 Å². The molecule has 0 saturated heterocycles. The van der Waals surface area contributed by atoms with Gasteiger partial charge in [0.2, 0.25) is 0 Å². The van der Waals surface area contributed by atoms with Gasteiger partial charge in [0.25, 0.3) is 0 Å². The van der Waals surface area contributed by atoms with Crippen molar-refractivity contribution in [3.8, 4) is 0 Å². The molecule has 0 atom stereocenters. The van der Waals surface area contributed by atoms with Crippen molar-refractivity contribution in [2.45, 2.75) is 13.1 Å². The van der Waals surface area contributed by atoms with Crippen LogP contribution in [0.5, 0.6) is 0 Å². The zero-order valence-corrected chi connectivity index (χ0v) is 20.3. The number of halogens is 4. The maximum atomic E-state index is 13.9. The Labute approximate surface area is 207 Å². The maximum absolute atomic E-state index is 13.9. The van der Waals surface area contributed by atoms with Gasteiger partial charge < -0.3 is 10.6 Å². The molecule has 2 heterocycles. The van der Waals surface area contributed by atoms with Gasteiger partial charge in [0.15, 0.2) is 16.7 Å². The first-order valence-electron chi connectivity index (χ1n) is 9.40. The maximum Gasteiger partial charge on any atom is 0.177 e. The third kappa shape index (κ3) is 5.47. The number of hydrogen-bond donors (Lipinski definition) is 2. The van der Waals surface area contributed by atoms with Gasteiger partial charge in [-0.2, -0.15) is 10.2 Å². The molecule has 0 aliphatic carbocycles. The quantitative estimate of drug-likeness (QED) is 0.279. The Morgan fingerprint density at radius 3 is 2.22 bits per heavy atom. The van der Waals surface area contributed by atoms with E-state index in [1.165, 1.54) is 6.07 Å². The fraction of sp³-hybridized carbons (Fsp3) is 0.0952. The van der Waals surface area contributed by atoms with Crippen LogP contribution < -0.4 is 10.6 Å². The molecule has 0 bridgehead atoms. The van der Waals surface area contributed by atoms with E-state index in [1.54, 1.807) is 33.8 Å². The summed E-state index contributed by atoms with van der Waals surface area (Å²) in [6.07, 6.45) is 3.43. The Kier molecular flexibility index (Phi) is 7.10. The highest BCUT2D eigenvalue weighted by Gasteiger charge is 2.13. The third-order valence-electron chi connectivity index (χ3n) is 4.48. The van der Waals surface area contributed by atoms with Crippen molar-refractivity contribution in [2.24, 2.45) is 0 Å². The van der Waals surface area contributed by atoms with Crippen LogP contribution in [0, 0.1) is 5.82 Å². The topological polar surface area (TPSA) is 59.7 Å². The molecule has 2 N–H and O–H groups in total. The highest BCUT2D eigenvalue weighted by atomic mass is 79.9. The van der Waals surface area contributed by atoms with Gasteiger partial charge in [-0.25, -0.2) is 4.39 Å². The first-order valence-corrected chi connectivity index (χ1v) is 11.4. The van der Waals surface area contributed by atoms with Gasteiger partial charge in [-0.3, -0.25) is 9.36 Å². The monoisotopic (exact) mass is 552 g/mol. The molecule has 2 aromatic carbocycles. The summed E-state index contributed by atoms with van der Waals surface area (Å²) in [6, 6.07) is 14.1. The van der Waals surface area contributed by atoms with Crippen LogP contribution >= 0.6 is 51.3 Å². The lowest BCUT2D eigenvalue weighted by molar-refractivity contribution is 0.586. The third-order valence-corrected chi connectivity index (χ3v) is 5.91. The Morgan fingerprint density at radius 2 is 1.47 bits per heavy atom. The summed E-state index contributed by atoms with van der Waals surface area (Å²) in [5, 5.41) is 16.1. The standard InChI is InChI=1S/C21H16BrCl2FN6S/c22-15-11-30(9-13-5-1-3-7-16(13)23)28-19(15)26-21(32)27-20-17(24)12-31(29-20)10-14-6-2-4-8-18(14)25/h1-8,11-12H,9-10H2,(H2,26,27,28,29,32). The van der Waals surface area contributed by atoms with Crippen LogP contribution in [-0.2, 0) is 13.1 Å². The average molecular weight is 554 g/mol. The fourth-order valence-electron chi connectivity index (χ4n) is 2.97. The van der Waals surface area contributed by atoms with Crippen molar-refractivity contribution in [3.05, 3.63) is 92.4 Å². The van der Waals surface area contributed by atoms with Gasteiger partial charge in [-0.15, -0.1) is 0 Å². The van der Waals surface area contributed by atoms with E-state index < -0.39 is 0 Å². The minimum atomic E-state index is -0.303. The van der Waals surface area contributed by atoms with E-state index in [-0.39, 0.29) is 17.5 Å². The first-order chi connectivity index (χ1) is 15.4. The molecule has 6 nitrogen and oxygen atoms in total. The van der Waals surface area contributed by atoms with E-state index in [0.29, 0.717) is 33.8 Å². The van der Waals surface area contributed by atoms with E-state index in [0.717, 1.165) is 10.0 Å². The van der Waals surface area contributed by atoms with E-state index in [1.807, 2.05) is 30.5 Å². The molecule has 0 fully saturated rings. The molecular weight excluding hydrogens is 538 g/mol. The zero-order chi connectivity index (χ0) is 22.7. The number of thiocarbonyl (C=S) groups is 1. The molecular formula is C21H16BrCl2FN6S. The van der Waals surface area contributed by atoms with Crippen molar-refractivity contribution >= 4 is 68.1 Å². The molecule has 0 aliphatic rings. The molecule has 0 unspecified atom stereocenters. The normalized spacial score (nSPS) is 10.9. The van der Waals surface area contributed by atoms with Crippen LogP contribution in [0.3, 0.4) is 0 Å². The Morgan fingerprint density at radius 1 is 0.875 bits per heavy atom. The number of hydrogen-bond acceptors (Lipinski definition) is 3. The molecule has 0 amide bonds. The minimum absolute atomic E-state index is 0.242. The summed E-state index contributed by atoms with van der Waals surface area (Å²) in [6.45, 7) is 0.749. The van der Waals surface area contributed by atoms with E-state index in [2.05, 4.69) is 36.8 Å². The number of anilines is 2. The molecule has 0 saturated carbocycles. The SMILES string of the molecule is Fc1ccccc1Cn1cc(Cl)c(NC(=S)Nc2nn(Cc3ccccc3Cl)cc2Br)n1. The van der Waals surface area contributed by atoms with Crippen LogP contribution in [0.15, 0.2) is 65.4 Å². The van der Waals surface area contributed by atoms with Crippen LogP contribution in [-0.4, -0.2) is 24.7 Å². The molecule has 0 spiro atoms. The summed E-state index contributed by atoms with van der Waals surface area (Å²) < 4.78 is 17.9. The minimum Gasteiger partial charge on any atom is -0.315 e. The number of aromatic nitrogens is 4. The van der Waals surface area contributed by atoms with Gasteiger partial charge >= 0.3 is 0 Å². The zero-order valence-electron chi connectivity index (χ0n) is 16.4. The molecule has 0 radical (unpaired) electrons. The summed E-state index contributed by atoms with van der Waals surface area (Å²) >= 11 is 21.4. The second kappa shape index (κ2) is 9.99. The van der Waals surface area contributed by atoms with Gasteiger partial charge in [0.05, 0.1) is 17.6 Å². The van der Waals surface area contributed by atoms with Crippen LogP contribution in [0.25, 0.3) is 0 Å². The van der Waals surface area contributed by atoms with Crippen LogP contribution in [0.1, 0.15) is 11.1 Å². The number of nitrogens with zero attached hydrogens (tertiary/aromatic N) is 4. The summed E-state index contributed by atoms with van der Waals surface area (Å²) in [5.41, 5.74) is 1.45. The van der Waals surface area contributed by atoms with Crippen molar-refractivity contribution in [2.75, 3.05) is 10.6 Å². The van der Waals surface area contributed by atoms with Crippen molar-refractivity contribution < 1.29 is 4.39 Å². The first kappa shape index (κ1) is 22.7. The number of nitrogens with one attached hydrogen (secondary N) is 2. The fourth-order valence-corrected chi connectivity index (χ4v) is 3.98. The van der Waals surface area contributed by atoms with E-state index in [9.17, 15) is 4.39 Å². The van der Waals surface area contributed by atoms with Crippen molar-refractivity contribution in [1.82, 2.24) is 19.6 Å². The lowest BCUT2D eigenvalue weighted by Crippen LogP contribution is -2.20. The molecule has 4 rings (SSSR count). The molecule has 0 aliphatic heterocycles. The largest absolute Gasteiger partial charge is 0.315 e. The second-order valence-electron chi connectivity index (χ2n) is 6.81.